The van der Waals surface area contributed by atoms with Crippen LogP contribution in [0.2, 0.25) is 0 Å². The summed E-state index contributed by atoms with van der Waals surface area (Å²) in [4.78, 5) is 0. The van der Waals surface area contributed by atoms with Crippen molar-refractivity contribution in [2.45, 2.75) is 38.8 Å². The maximum atomic E-state index is 6.14. The molecular formula is C14H17N3O2. The van der Waals surface area contributed by atoms with Gasteiger partial charge in [0.2, 0.25) is 0 Å². The number of hydrogen-bond donors (Lipinski definition) is 1. The van der Waals surface area contributed by atoms with Crippen LogP contribution in [0.25, 0.3) is 0 Å². The lowest BCUT2D eigenvalue weighted by Crippen LogP contribution is -2.17. The average Bonchev–Trinajstić information content (AvgIpc) is 2.83. The van der Waals surface area contributed by atoms with Crippen LogP contribution in [-0.4, -0.2) is 10.3 Å². The zero-order valence-electron chi connectivity index (χ0n) is 10.9. The van der Waals surface area contributed by atoms with Crippen molar-refractivity contribution in [3.63, 3.8) is 0 Å². The van der Waals surface area contributed by atoms with E-state index in [9.17, 15) is 0 Å². The van der Waals surface area contributed by atoms with E-state index in [1.807, 2.05) is 19.1 Å². The van der Waals surface area contributed by atoms with E-state index in [1.165, 1.54) is 11.1 Å². The highest BCUT2D eigenvalue weighted by atomic mass is 16.6. The molecule has 1 atom stereocenters. The number of benzene rings is 1. The van der Waals surface area contributed by atoms with Crippen LogP contribution in [0.15, 0.2) is 22.8 Å². The minimum absolute atomic E-state index is 0.128. The topological polar surface area (TPSA) is 74.2 Å². The SMILES string of the molecule is Cc1nonc1COc1ccc2c(c1)[C@@H](N)CCC2. The molecule has 0 saturated heterocycles. The Morgan fingerprint density at radius 2 is 2.32 bits per heavy atom. The molecule has 100 valence electrons. The van der Waals surface area contributed by atoms with Crippen molar-refractivity contribution in [1.82, 2.24) is 10.3 Å². The van der Waals surface area contributed by atoms with E-state index in [-0.39, 0.29) is 6.04 Å². The zero-order valence-corrected chi connectivity index (χ0v) is 10.9. The molecule has 0 saturated carbocycles. The van der Waals surface area contributed by atoms with Crippen LogP contribution in [0.1, 0.15) is 41.4 Å². The summed E-state index contributed by atoms with van der Waals surface area (Å²) in [6.07, 6.45) is 3.32. The van der Waals surface area contributed by atoms with Gasteiger partial charge in [-0.3, -0.25) is 0 Å². The molecule has 1 aliphatic rings. The number of rotatable bonds is 3. The smallest absolute Gasteiger partial charge is 0.145 e. The molecule has 3 rings (SSSR count). The molecule has 0 aliphatic heterocycles. The second-order valence-corrected chi connectivity index (χ2v) is 4.94. The van der Waals surface area contributed by atoms with Gasteiger partial charge < -0.3 is 10.5 Å². The molecule has 5 heteroatoms. The molecular weight excluding hydrogens is 242 g/mol. The number of aryl methyl sites for hydroxylation is 2. The van der Waals surface area contributed by atoms with E-state index in [2.05, 4.69) is 21.0 Å². The molecule has 2 aromatic rings. The van der Waals surface area contributed by atoms with E-state index < -0.39 is 0 Å². The first kappa shape index (κ1) is 12.2. The van der Waals surface area contributed by atoms with E-state index in [0.717, 1.165) is 36.4 Å². The lowest BCUT2D eigenvalue weighted by molar-refractivity contribution is 0.269. The van der Waals surface area contributed by atoms with Gasteiger partial charge in [-0.15, -0.1) is 0 Å². The zero-order chi connectivity index (χ0) is 13.2. The monoisotopic (exact) mass is 259 g/mol. The molecule has 1 aromatic carbocycles. The molecule has 19 heavy (non-hydrogen) atoms. The fraction of sp³-hybridized carbons (Fsp3) is 0.429. The van der Waals surface area contributed by atoms with Crippen LogP contribution < -0.4 is 10.5 Å². The number of fused-ring (bicyclic) bond motifs is 1. The summed E-state index contributed by atoms with van der Waals surface area (Å²) in [5.74, 6) is 0.818. The Morgan fingerprint density at radius 3 is 3.11 bits per heavy atom. The predicted molar refractivity (Wildman–Crippen MR) is 69.7 cm³/mol. The molecule has 1 heterocycles. The molecule has 1 aliphatic carbocycles. The Kier molecular flexibility index (Phi) is 3.21. The van der Waals surface area contributed by atoms with Crippen LogP contribution in [0, 0.1) is 6.92 Å². The summed E-state index contributed by atoms with van der Waals surface area (Å²) in [7, 11) is 0. The van der Waals surface area contributed by atoms with Gasteiger partial charge in [-0.25, -0.2) is 4.63 Å². The predicted octanol–water partition coefficient (Wildman–Crippen LogP) is 2.29. The largest absolute Gasteiger partial charge is 0.487 e. The summed E-state index contributed by atoms with van der Waals surface area (Å²) in [5.41, 5.74) is 10.2. The van der Waals surface area contributed by atoms with Crippen LogP contribution in [0.3, 0.4) is 0 Å². The Bertz CT molecular complexity index is 580. The van der Waals surface area contributed by atoms with Gasteiger partial charge in [0, 0.05) is 6.04 Å². The van der Waals surface area contributed by atoms with Crippen molar-refractivity contribution in [3.05, 3.63) is 40.7 Å². The molecule has 2 N–H and O–H groups in total. The molecule has 5 nitrogen and oxygen atoms in total. The Hall–Kier alpha value is -1.88. The van der Waals surface area contributed by atoms with Crippen molar-refractivity contribution in [2.24, 2.45) is 5.73 Å². The van der Waals surface area contributed by atoms with Crippen molar-refractivity contribution in [2.75, 3.05) is 0 Å². The third-order valence-electron chi connectivity index (χ3n) is 3.60. The average molecular weight is 259 g/mol. The van der Waals surface area contributed by atoms with Gasteiger partial charge in [-0.2, -0.15) is 0 Å². The number of ether oxygens (including phenoxy) is 1. The lowest BCUT2D eigenvalue weighted by Gasteiger charge is -2.22. The highest BCUT2D eigenvalue weighted by Crippen LogP contribution is 2.31. The van der Waals surface area contributed by atoms with E-state index >= 15 is 0 Å². The van der Waals surface area contributed by atoms with Crippen LogP contribution >= 0.6 is 0 Å². The van der Waals surface area contributed by atoms with Gasteiger partial charge >= 0.3 is 0 Å². The summed E-state index contributed by atoms with van der Waals surface area (Å²) in [6.45, 7) is 2.21. The number of aromatic nitrogens is 2. The van der Waals surface area contributed by atoms with E-state index in [4.69, 9.17) is 10.5 Å². The van der Waals surface area contributed by atoms with Gasteiger partial charge in [0.05, 0.1) is 0 Å². The first-order valence-corrected chi connectivity index (χ1v) is 6.53. The number of nitrogens with two attached hydrogens (primary N) is 1. The molecule has 0 fully saturated rings. The Morgan fingerprint density at radius 1 is 1.42 bits per heavy atom. The number of hydrogen-bond acceptors (Lipinski definition) is 5. The van der Waals surface area contributed by atoms with Crippen molar-refractivity contribution < 1.29 is 9.37 Å². The molecule has 0 spiro atoms. The van der Waals surface area contributed by atoms with Crippen LogP contribution in [-0.2, 0) is 13.0 Å². The second kappa shape index (κ2) is 5.01. The van der Waals surface area contributed by atoms with Crippen molar-refractivity contribution >= 4 is 0 Å². The maximum absolute atomic E-state index is 6.14. The fourth-order valence-electron chi connectivity index (χ4n) is 2.44. The van der Waals surface area contributed by atoms with Crippen LogP contribution in [0.4, 0.5) is 0 Å². The van der Waals surface area contributed by atoms with Gasteiger partial charge in [0.15, 0.2) is 0 Å². The maximum Gasteiger partial charge on any atom is 0.145 e. The molecule has 0 radical (unpaired) electrons. The van der Waals surface area contributed by atoms with E-state index in [1.54, 1.807) is 0 Å². The standard InChI is InChI=1S/C14H17N3O2/c1-9-14(17-19-16-9)8-18-11-6-5-10-3-2-4-13(15)12(10)7-11/h5-7,13H,2-4,8,15H2,1H3/t13-/m0/s1. The minimum Gasteiger partial charge on any atom is -0.487 e. The molecule has 0 unspecified atom stereocenters. The number of nitrogens with zero attached hydrogens (tertiary/aromatic N) is 2. The lowest BCUT2D eigenvalue weighted by atomic mass is 9.88. The minimum atomic E-state index is 0.128. The van der Waals surface area contributed by atoms with Crippen LogP contribution in [0.5, 0.6) is 5.75 Å². The molecule has 0 amide bonds. The van der Waals surface area contributed by atoms with Gasteiger partial charge in [-0.1, -0.05) is 16.4 Å². The summed E-state index contributed by atoms with van der Waals surface area (Å²) in [5, 5.41) is 7.52. The highest BCUT2D eigenvalue weighted by molar-refractivity contribution is 5.39. The van der Waals surface area contributed by atoms with Crippen molar-refractivity contribution in [3.8, 4) is 5.75 Å². The third kappa shape index (κ3) is 2.46. The normalized spacial score (nSPS) is 18.1. The van der Waals surface area contributed by atoms with Gasteiger partial charge in [-0.05, 0) is 49.4 Å². The Balaban J connectivity index is 1.75. The Labute approximate surface area is 111 Å². The molecule has 1 aromatic heterocycles. The molecule has 0 bridgehead atoms. The summed E-state index contributed by atoms with van der Waals surface area (Å²) in [6, 6.07) is 6.27. The summed E-state index contributed by atoms with van der Waals surface area (Å²) >= 11 is 0. The van der Waals surface area contributed by atoms with Gasteiger partial charge in [0.1, 0.15) is 23.7 Å². The van der Waals surface area contributed by atoms with E-state index in [0.29, 0.717) is 6.61 Å². The van der Waals surface area contributed by atoms with Gasteiger partial charge in [0.25, 0.3) is 0 Å². The quantitative estimate of drug-likeness (QED) is 0.915. The summed E-state index contributed by atoms with van der Waals surface area (Å²) < 4.78 is 10.4. The third-order valence-corrected chi connectivity index (χ3v) is 3.60. The first-order valence-electron chi connectivity index (χ1n) is 6.53. The highest BCUT2D eigenvalue weighted by Gasteiger charge is 2.17. The first-order chi connectivity index (χ1) is 9.24. The fourth-order valence-corrected chi connectivity index (χ4v) is 2.44. The second-order valence-electron chi connectivity index (χ2n) is 4.94. The van der Waals surface area contributed by atoms with Crippen molar-refractivity contribution in [1.29, 1.82) is 0 Å².